The summed E-state index contributed by atoms with van der Waals surface area (Å²) in [5.41, 5.74) is 0.273. The van der Waals surface area contributed by atoms with Crippen molar-refractivity contribution in [3.05, 3.63) is 34.9 Å². The summed E-state index contributed by atoms with van der Waals surface area (Å²) < 4.78 is 0. The molecular formula is C18H23ClN2O7. The molecule has 0 aliphatic carbocycles. The highest BCUT2D eigenvalue weighted by atomic mass is 35.5. The van der Waals surface area contributed by atoms with Crippen LogP contribution in [0.15, 0.2) is 24.3 Å². The summed E-state index contributed by atoms with van der Waals surface area (Å²) in [6.45, 7) is 3.26. The lowest BCUT2D eigenvalue weighted by Gasteiger charge is -2.25. The summed E-state index contributed by atoms with van der Waals surface area (Å²) in [6, 6.07) is 3.39. The number of benzene rings is 1. The number of aliphatic hydroxyl groups excluding tert-OH is 1. The van der Waals surface area contributed by atoms with Gasteiger partial charge in [0.15, 0.2) is 6.10 Å². The highest BCUT2D eigenvalue weighted by molar-refractivity contribution is 6.30. The average Bonchev–Trinajstić information content (AvgIpc) is 2.61. The zero-order chi connectivity index (χ0) is 21.4. The number of carboxylic acid groups (broad SMARTS) is 2. The smallest absolute Gasteiger partial charge is 0.326 e. The Morgan fingerprint density at radius 3 is 2.04 bits per heavy atom. The van der Waals surface area contributed by atoms with Gasteiger partial charge in [0.1, 0.15) is 12.1 Å². The molecule has 0 spiro atoms. The van der Waals surface area contributed by atoms with Crippen LogP contribution in [0.5, 0.6) is 0 Å². The van der Waals surface area contributed by atoms with E-state index in [0.717, 1.165) is 0 Å². The normalized spacial score (nSPS) is 14.0. The summed E-state index contributed by atoms with van der Waals surface area (Å²) in [5.74, 6) is -4.63. The predicted octanol–water partition coefficient (Wildman–Crippen LogP) is 0.948. The Labute approximate surface area is 166 Å². The molecule has 5 N–H and O–H groups in total. The number of carbonyl (C=O) groups is 4. The van der Waals surface area contributed by atoms with Gasteiger partial charge in [-0.05, 0) is 30.0 Å². The number of hydrogen-bond donors (Lipinski definition) is 5. The first-order valence-electron chi connectivity index (χ1n) is 8.51. The highest BCUT2D eigenvalue weighted by Gasteiger charge is 2.30. The van der Waals surface area contributed by atoms with Crippen molar-refractivity contribution in [1.29, 1.82) is 0 Å². The van der Waals surface area contributed by atoms with Gasteiger partial charge in [-0.25, -0.2) is 4.79 Å². The van der Waals surface area contributed by atoms with Crippen LogP contribution in [0.3, 0.4) is 0 Å². The van der Waals surface area contributed by atoms with Crippen molar-refractivity contribution < 1.29 is 34.5 Å². The zero-order valence-electron chi connectivity index (χ0n) is 15.4. The van der Waals surface area contributed by atoms with E-state index in [1.807, 2.05) is 0 Å². The summed E-state index contributed by atoms with van der Waals surface area (Å²) in [5, 5.41) is 33.0. The Balaban J connectivity index is 2.83. The van der Waals surface area contributed by atoms with Gasteiger partial charge in [-0.2, -0.15) is 0 Å². The molecule has 28 heavy (non-hydrogen) atoms. The maximum absolute atomic E-state index is 12.4. The van der Waals surface area contributed by atoms with Gasteiger partial charge in [0, 0.05) is 11.4 Å². The van der Waals surface area contributed by atoms with E-state index in [4.69, 9.17) is 21.8 Å². The van der Waals surface area contributed by atoms with Gasteiger partial charge < -0.3 is 26.0 Å². The van der Waals surface area contributed by atoms with E-state index in [1.165, 1.54) is 24.3 Å². The maximum Gasteiger partial charge on any atom is 0.326 e. The first-order chi connectivity index (χ1) is 13.0. The van der Waals surface area contributed by atoms with Crippen molar-refractivity contribution in [3.63, 3.8) is 0 Å². The van der Waals surface area contributed by atoms with Crippen LogP contribution in [0.2, 0.25) is 5.02 Å². The minimum atomic E-state index is -1.55. The standard InChI is InChI=1S/C18H23ClN2O7/c1-9(2)14(16(25)20-12(18(27)28)7-8-13(22)23)21-17(26)15(24)10-3-5-11(19)6-4-10/h3-6,9,12,14-15,24H,7-8H2,1-2H3,(H,20,25)(H,21,26)(H,22,23)(H,27,28)/t12-,14+,15?/m1/s1. The number of aliphatic carboxylic acids is 2. The molecule has 0 heterocycles. The Morgan fingerprint density at radius 2 is 1.57 bits per heavy atom. The molecule has 1 aromatic rings. The minimum absolute atomic E-state index is 0.273. The van der Waals surface area contributed by atoms with E-state index < -0.39 is 54.3 Å². The molecule has 1 rings (SSSR count). The van der Waals surface area contributed by atoms with Crippen LogP contribution in [0.4, 0.5) is 0 Å². The van der Waals surface area contributed by atoms with Crippen LogP contribution in [0.25, 0.3) is 0 Å². The first kappa shape index (κ1) is 23.4. The fraction of sp³-hybridized carbons (Fsp3) is 0.444. The van der Waals surface area contributed by atoms with E-state index in [0.29, 0.717) is 5.02 Å². The van der Waals surface area contributed by atoms with E-state index >= 15 is 0 Å². The number of amides is 2. The molecule has 9 nitrogen and oxygen atoms in total. The fourth-order valence-corrected chi connectivity index (χ4v) is 2.48. The SMILES string of the molecule is CC(C)[C@H](NC(=O)C(O)c1ccc(Cl)cc1)C(=O)N[C@H](CCC(=O)O)C(=O)O. The van der Waals surface area contributed by atoms with E-state index in [1.54, 1.807) is 13.8 Å². The fourth-order valence-electron chi connectivity index (χ4n) is 2.35. The van der Waals surface area contributed by atoms with Gasteiger partial charge in [0.2, 0.25) is 5.91 Å². The van der Waals surface area contributed by atoms with Crippen molar-refractivity contribution in [2.45, 2.75) is 44.9 Å². The molecule has 0 fully saturated rings. The second-order valence-electron chi connectivity index (χ2n) is 6.52. The molecule has 1 aromatic carbocycles. The first-order valence-corrected chi connectivity index (χ1v) is 8.89. The second-order valence-corrected chi connectivity index (χ2v) is 6.95. The highest BCUT2D eigenvalue weighted by Crippen LogP contribution is 2.17. The number of hydrogen-bond acceptors (Lipinski definition) is 5. The second kappa shape index (κ2) is 10.6. The quantitative estimate of drug-likeness (QED) is 0.382. The minimum Gasteiger partial charge on any atom is -0.481 e. The van der Waals surface area contributed by atoms with Gasteiger partial charge in [0.05, 0.1) is 0 Å². The molecule has 2 amide bonds. The molecule has 0 saturated heterocycles. The monoisotopic (exact) mass is 414 g/mol. The molecule has 0 aliphatic rings. The van der Waals surface area contributed by atoms with E-state index in [-0.39, 0.29) is 12.0 Å². The summed E-state index contributed by atoms with van der Waals surface area (Å²) in [7, 11) is 0. The van der Waals surface area contributed by atoms with Crippen LogP contribution in [-0.4, -0.2) is 51.2 Å². The van der Waals surface area contributed by atoms with Gasteiger partial charge in [-0.15, -0.1) is 0 Å². The number of carbonyl (C=O) groups excluding carboxylic acids is 2. The van der Waals surface area contributed by atoms with Crippen molar-refractivity contribution in [1.82, 2.24) is 10.6 Å². The van der Waals surface area contributed by atoms with Crippen LogP contribution in [-0.2, 0) is 19.2 Å². The Morgan fingerprint density at radius 1 is 1.00 bits per heavy atom. The van der Waals surface area contributed by atoms with Gasteiger partial charge in [-0.3, -0.25) is 14.4 Å². The summed E-state index contributed by atoms with van der Waals surface area (Å²) >= 11 is 5.76. The van der Waals surface area contributed by atoms with Crippen LogP contribution >= 0.6 is 11.6 Å². The molecule has 154 valence electrons. The van der Waals surface area contributed by atoms with E-state index in [2.05, 4.69) is 10.6 Å². The Hall–Kier alpha value is -2.65. The zero-order valence-corrected chi connectivity index (χ0v) is 16.1. The number of nitrogens with one attached hydrogen (secondary N) is 2. The maximum atomic E-state index is 12.4. The number of rotatable bonds is 10. The lowest BCUT2D eigenvalue weighted by atomic mass is 10.0. The van der Waals surface area contributed by atoms with Crippen molar-refractivity contribution in [2.24, 2.45) is 5.92 Å². The molecule has 3 atom stereocenters. The van der Waals surface area contributed by atoms with Gasteiger partial charge in [0.25, 0.3) is 5.91 Å². The predicted molar refractivity (Wildman–Crippen MR) is 99.6 cm³/mol. The molecule has 0 bridgehead atoms. The third kappa shape index (κ3) is 7.16. The molecule has 0 saturated carbocycles. The molecule has 0 aromatic heterocycles. The van der Waals surface area contributed by atoms with Crippen LogP contribution in [0.1, 0.15) is 38.4 Å². The van der Waals surface area contributed by atoms with Crippen LogP contribution in [0, 0.1) is 5.92 Å². The molecule has 0 radical (unpaired) electrons. The topological polar surface area (TPSA) is 153 Å². The Kier molecular flexibility index (Phi) is 8.87. The third-order valence-corrected chi connectivity index (χ3v) is 4.19. The van der Waals surface area contributed by atoms with Crippen molar-refractivity contribution >= 4 is 35.4 Å². The van der Waals surface area contributed by atoms with Crippen molar-refractivity contribution in [3.8, 4) is 0 Å². The summed E-state index contributed by atoms with van der Waals surface area (Å²) in [6.07, 6.45) is -2.29. The molecule has 10 heteroatoms. The molecular weight excluding hydrogens is 392 g/mol. The molecule has 1 unspecified atom stereocenters. The lowest BCUT2D eigenvalue weighted by Crippen LogP contribution is -2.54. The number of carboxylic acids is 2. The average molecular weight is 415 g/mol. The van der Waals surface area contributed by atoms with Crippen LogP contribution < -0.4 is 10.6 Å². The third-order valence-electron chi connectivity index (χ3n) is 3.94. The number of aliphatic hydroxyl groups is 1. The molecule has 0 aliphatic heterocycles. The largest absolute Gasteiger partial charge is 0.481 e. The lowest BCUT2D eigenvalue weighted by molar-refractivity contribution is -0.143. The summed E-state index contributed by atoms with van der Waals surface area (Å²) in [4.78, 5) is 46.6. The van der Waals surface area contributed by atoms with Gasteiger partial charge >= 0.3 is 11.9 Å². The van der Waals surface area contributed by atoms with E-state index in [9.17, 15) is 24.3 Å². The Bertz CT molecular complexity index is 721. The number of halogens is 1. The van der Waals surface area contributed by atoms with Crippen molar-refractivity contribution in [2.75, 3.05) is 0 Å². The van der Waals surface area contributed by atoms with Gasteiger partial charge in [-0.1, -0.05) is 37.6 Å².